The van der Waals surface area contributed by atoms with Gasteiger partial charge in [-0.2, -0.15) is 0 Å². The molecule has 1 amide bonds. The van der Waals surface area contributed by atoms with E-state index in [2.05, 4.69) is 34.4 Å². The molecule has 0 radical (unpaired) electrons. The second-order valence-electron chi connectivity index (χ2n) is 10.7. The van der Waals surface area contributed by atoms with E-state index in [0.717, 1.165) is 40.7 Å². The van der Waals surface area contributed by atoms with Crippen LogP contribution in [-0.4, -0.2) is 90.4 Å². The molecule has 1 aromatic heterocycles. The van der Waals surface area contributed by atoms with E-state index in [4.69, 9.17) is 19.2 Å². The van der Waals surface area contributed by atoms with Crippen molar-refractivity contribution in [1.82, 2.24) is 24.7 Å². The molecule has 0 bridgehead atoms. The standard InChI is InChI=1S/C28H39N7O4/c1-18(2)13-21-24-25(35(10-12-37-5)28(9-11-39-16-28)26(36)33(24)4)32-27(31-21)30-20-7-8-22(23(14-20)38-6)34-15-19(3)29-17-34/h7-8,14-15,17-18,27,30,32H,9-13,16H2,1-6H3. The summed E-state index contributed by atoms with van der Waals surface area (Å²) in [4.78, 5) is 27.1. The SMILES string of the molecule is COCCN1C2=C(C(CC(C)C)=NC(Nc3ccc(-n4cnc(C)c4)c(OC)c3)N2)N(C)C(=O)C12CCOC2. The number of rotatable bonds is 9. The predicted molar refractivity (Wildman–Crippen MR) is 149 cm³/mol. The molecule has 3 aliphatic heterocycles. The van der Waals surface area contributed by atoms with Crippen molar-refractivity contribution in [2.45, 2.75) is 45.4 Å². The molecule has 1 fully saturated rings. The van der Waals surface area contributed by atoms with Gasteiger partial charge in [-0.3, -0.25) is 4.79 Å². The quantitative estimate of drug-likeness (QED) is 0.503. The fraction of sp³-hybridized carbons (Fsp3) is 0.536. The summed E-state index contributed by atoms with van der Waals surface area (Å²) < 4.78 is 18.9. The number of ether oxygens (including phenoxy) is 3. The third-order valence-electron chi connectivity index (χ3n) is 7.48. The molecule has 1 saturated heterocycles. The predicted octanol–water partition coefficient (Wildman–Crippen LogP) is 2.72. The first-order valence-corrected chi connectivity index (χ1v) is 13.4. The van der Waals surface area contributed by atoms with Crippen molar-refractivity contribution in [3.8, 4) is 11.4 Å². The molecule has 4 heterocycles. The number of nitrogens with zero attached hydrogens (tertiary/aromatic N) is 5. The number of imidazole rings is 1. The zero-order valence-electron chi connectivity index (χ0n) is 23.7. The molecule has 1 aromatic carbocycles. The number of anilines is 1. The van der Waals surface area contributed by atoms with E-state index < -0.39 is 11.8 Å². The summed E-state index contributed by atoms with van der Waals surface area (Å²) in [5.41, 5.74) is 3.63. The topological polar surface area (TPSA) is 105 Å². The summed E-state index contributed by atoms with van der Waals surface area (Å²) in [6.45, 7) is 8.21. The van der Waals surface area contributed by atoms with Gasteiger partial charge in [0.2, 0.25) is 0 Å². The average Bonchev–Trinajstić information content (AvgIpc) is 3.57. The van der Waals surface area contributed by atoms with Gasteiger partial charge in [0.1, 0.15) is 22.8 Å². The fourth-order valence-corrected chi connectivity index (χ4v) is 5.63. The number of nitrogens with one attached hydrogen (secondary N) is 2. The van der Waals surface area contributed by atoms with Crippen LogP contribution in [-0.2, 0) is 14.3 Å². The van der Waals surface area contributed by atoms with Gasteiger partial charge >= 0.3 is 0 Å². The summed E-state index contributed by atoms with van der Waals surface area (Å²) in [5.74, 6) is 1.98. The number of hydrogen-bond acceptors (Lipinski definition) is 9. The van der Waals surface area contributed by atoms with Crippen molar-refractivity contribution < 1.29 is 19.0 Å². The van der Waals surface area contributed by atoms with Gasteiger partial charge in [-0.25, -0.2) is 9.98 Å². The lowest BCUT2D eigenvalue weighted by Gasteiger charge is -2.51. The van der Waals surface area contributed by atoms with Crippen LogP contribution in [0.25, 0.3) is 5.69 Å². The van der Waals surface area contributed by atoms with Crippen molar-refractivity contribution in [3.05, 3.63) is 47.9 Å². The highest BCUT2D eigenvalue weighted by atomic mass is 16.5. The third kappa shape index (κ3) is 4.96. The summed E-state index contributed by atoms with van der Waals surface area (Å²) >= 11 is 0. The van der Waals surface area contributed by atoms with E-state index in [1.165, 1.54) is 0 Å². The van der Waals surface area contributed by atoms with E-state index in [9.17, 15) is 4.79 Å². The zero-order chi connectivity index (χ0) is 27.7. The van der Waals surface area contributed by atoms with Gasteiger partial charge < -0.3 is 39.2 Å². The van der Waals surface area contributed by atoms with Crippen LogP contribution in [0.1, 0.15) is 32.4 Å². The Labute approximate surface area is 229 Å². The smallest absolute Gasteiger partial charge is 0.255 e. The molecular weight excluding hydrogens is 498 g/mol. The van der Waals surface area contributed by atoms with Gasteiger partial charge in [-0.05, 0) is 31.4 Å². The molecule has 2 unspecified atom stereocenters. The number of allylic oxidation sites excluding steroid dienone is 1. The van der Waals surface area contributed by atoms with Gasteiger partial charge in [-0.1, -0.05) is 13.8 Å². The van der Waals surface area contributed by atoms with E-state index in [0.29, 0.717) is 44.5 Å². The zero-order valence-corrected chi connectivity index (χ0v) is 23.7. The van der Waals surface area contributed by atoms with E-state index in [1.807, 2.05) is 42.9 Å². The first-order valence-electron chi connectivity index (χ1n) is 13.4. The molecule has 1 spiro atoms. The molecule has 0 saturated carbocycles. The maximum absolute atomic E-state index is 13.8. The number of aliphatic imine (C=N–C) groups is 1. The molecule has 39 heavy (non-hydrogen) atoms. The summed E-state index contributed by atoms with van der Waals surface area (Å²) in [7, 11) is 5.18. The number of likely N-dealkylation sites (N-methyl/N-ethyl adjacent to an activating group) is 1. The van der Waals surface area contributed by atoms with Crippen LogP contribution >= 0.6 is 0 Å². The second kappa shape index (κ2) is 10.9. The Morgan fingerprint density at radius 3 is 2.77 bits per heavy atom. The molecule has 2 aromatic rings. The first kappa shape index (κ1) is 27.0. The molecule has 2 atom stereocenters. The number of aromatic nitrogens is 2. The van der Waals surface area contributed by atoms with E-state index in [1.54, 1.807) is 25.4 Å². The Bertz CT molecular complexity index is 1280. The highest BCUT2D eigenvalue weighted by Crippen LogP contribution is 2.39. The highest BCUT2D eigenvalue weighted by molar-refractivity contribution is 6.06. The molecule has 2 N–H and O–H groups in total. The second-order valence-corrected chi connectivity index (χ2v) is 10.7. The number of hydrogen-bond donors (Lipinski definition) is 2. The van der Waals surface area contributed by atoms with Crippen LogP contribution in [0.4, 0.5) is 5.69 Å². The van der Waals surface area contributed by atoms with E-state index >= 15 is 0 Å². The number of benzene rings is 1. The minimum atomic E-state index is -0.766. The molecule has 11 heteroatoms. The van der Waals surface area contributed by atoms with Crippen molar-refractivity contribution in [2.75, 3.05) is 52.9 Å². The van der Waals surface area contributed by atoms with Gasteiger partial charge in [-0.15, -0.1) is 0 Å². The first-order chi connectivity index (χ1) is 18.8. The maximum atomic E-state index is 13.8. The number of aryl methyl sites for hydroxylation is 1. The lowest BCUT2D eigenvalue weighted by atomic mass is 9.89. The molecule has 3 aliphatic rings. The number of methoxy groups -OCH3 is 2. The minimum absolute atomic E-state index is 0.0367. The lowest BCUT2D eigenvalue weighted by molar-refractivity contribution is -0.143. The largest absolute Gasteiger partial charge is 0.494 e. The molecular formula is C28H39N7O4. The van der Waals surface area contributed by atoms with Gasteiger partial charge in [0, 0.05) is 51.7 Å². The fourth-order valence-electron chi connectivity index (χ4n) is 5.63. The average molecular weight is 538 g/mol. The van der Waals surface area contributed by atoms with Crippen molar-refractivity contribution in [1.29, 1.82) is 0 Å². The van der Waals surface area contributed by atoms with Crippen LogP contribution in [0.2, 0.25) is 0 Å². The highest BCUT2D eigenvalue weighted by Gasteiger charge is 2.55. The Balaban J connectivity index is 1.50. The van der Waals surface area contributed by atoms with Crippen molar-refractivity contribution in [3.63, 3.8) is 0 Å². The van der Waals surface area contributed by atoms with Crippen molar-refractivity contribution in [2.24, 2.45) is 10.9 Å². The monoisotopic (exact) mass is 537 g/mol. The molecule has 5 rings (SSSR count). The van der Waals surface area contributed by atoms with Crippen LogP contribution in [0.3, 0.4) is 0 Å². The van der Waals surface area contributed by atoms with Gasteiger partial charge in [0.15, 0.2) is 6.29 Å². The van der Waals surface area contributed by atoms with Crippen LogP contribution in [0, 0.1) is 12.8 Å². The molecule has 11 nitrogen and oxygen atoms in total. The van der Waals surface area contributed by atoms with Crippen LogP contribution in [0.5, 0.6) is 5.75 Å². The minimum Gasteiger partial charge on any atom is -0.494 e. The number of amides is 1. The van der Waals surface area contributed by atoms with E-state index in [-0.39, 0.29) is 5.91 Å². The Morgan fingerprint density at radius 1 is 1.31 bits per heavy atom. The summed E-state index contributed by atoms with van der Waals surface area (Å²) in [5, 5.41) is 7.13. The lowest BCUT2D eigenvalue weighted by Crippen LogP contribution is -2.67. The summed E-state index contributed by atoms with van der Waals surface area (Å²) in [6, 6.07) is 5.96. The Kier molecular flexibility index (Phi) is 7.55. The maximum Gasteiger partial charge on any atom is 0.255 e. The van der Waals surface area contributed by atoms with Crippen molar-refractivity contribution >= 4 is 17.3 Å². The summed E-state index contributed by atoms with van der Waals surface area (Å²) in [6.07, 6.45) is 4.65. The molecule has 210 valence electrons. The van der Waals surface area contributed by atoms with Crippen LogP contribution in [0.15, 0.2) is 47.2 Å². The third-order valence-corrected chi connectivity index (χ3v) is 7.48. The van der Waals surface area contributed by atoms with Gasteiger partial charge in [0.05, 0.1) is 43.7 Å². The Morgan fingerprint density at radius 2 is 2.13 bits per heavy atom. The molecule has 0 aliphatic carbocycles. The normalized spacial score (nSPS) is 22.9. The number of carbonyl (C=O) groups is 1. The van der Waals surface area contributed by atoms with Crippen LogP contribution < -0.4 is 15.4 Å². The Hall–Kier alpha value is -3.57. The van der Waals surface area contributed by atoms with Gasteiger partial charge in [0.25, 0.3) is 5.91 Å². The number of carbonyl (C=O) groups excluding carboxylic acids is 1.